The summed E-state index contributed by atoms with van der Waals surface area (Å²) in [6.45, 7) is 1.76. The average Bonchev–Trinajstić information content (AvgIpc) is 3.15. The van der Waals surface area contributed by atoms with Gasteiger partial charge >= 0.3 is 5.76 Å². The third-order valence-corrected chi connectivity index (χ3v) is 6.59. The molecular weight excluding hydrogens is 435 g/mol. The molecule has 1 aliphatic rings. The van der Waals surface area contributed by atoms with Crippen molar-refractivity contribution in [3.63, 3.8) is 0 Å². The number of ketones is 1. The highest BCUT2D eigenvalue weighted by Crippen LogP contribution is 2.33. The molecule has 3 heterocycles. The number of aromatic nitrogens is 1. The van der Waals surface area contributed by atoms with Gasteiger partial charge in [-0.2, -0.15) is 5.26 Å². The summed E-state index contributed by atoms with van der Waals surface area (Å²) >= 11 is 1.24. The van der Waals surface area contributed by atoms with E-state index < -0.39 is 23.7 Å². The summed E-state index contributed by atoms with van der Waals surface area (Å²) in [5.74, 6) is -1.00. The Hall–Kier alpha value is -2.84. The topological polar surface area (TPSA) is 109 Å². The van der Waals surface area contributed by atoms with Crippen molar-refractivity contribution >= 4 is 28.2 Å². The van der Waals surface area contributed by atoms with Gasteiger partial charge in [0.2, 0.25) is 0 Å². The van der Waals surface area contributed by atoms with E-state index in [1.54, 1.807) is 25.2 Å². The Kier molecular flexibility index (Phi) is 6.81. The van der Waals surface area contributed by atoms with Gasteiger partial charge in [-0.25, -0.2) is 9.18 Å². The summed E-state index contributed by atoms with van der Waals surface area (Å²) in [6, 6.07) is 8.03. The number of benzene rings is 1. The van der Waals surface area contributed by atoms with Crippen molar-refractivity contribution in [2.75, 3.05) is 26.2 Å². The van der Waals surface area contributed by atoms with E-state index in [2.05, 4.69) is 16.7 Å². The largest absolute Gasteiger partial charge is 0.419 e. The summed E-state index contributed by atoms with van der Waals surface area (Å²) in [5, 5.41) is 15.6. The van der Waals surface area contributed by atoms with Crippen molar-refractivity contribution in [3.8, 4) is 16.5 Å². The molecule has 0 bridgehead atoms. The number of nitrogens with zero attached hydrogens (tertiary/aromatic N) is 2. The number of thiophene rings is 1. The third kappa shape index (κ3) is 4.81. The van der Waals surface area contributed by atoms with Crippen molar-refractivity contribution in [1.82, 2.24) is 15.2 Å². The van der Waals surface area contributed by atoms with Crippen LogP contribution in [0, 0.1) is 17.1 Å². The molecule has 2 atom stereocenters. The highest BCUT2D eigenvalue weighted by atomic mass is 32.1. The van der Waals surface area contributed by atoms with E-state index in [1.807, 2.05) is 0 Å². The van der Waals surface area contributed by atoms with Crippen LogP contribution in [0.25, 0.3) is 21.5 Å². The number of nitrogens with one attached hydrogen (secondary N) is 2. The van der Waals surface area contributed by atoms with Crippen molar-refractivity contribution < 1.29 is 18.3 Å². The first-order valence-electron chi connectivity index (χ1n) is 10.3. The van der Waals surface area contributed by atoms with E-state index in [-0.39, 0.29) is 18.7 Å². The number of aryl methyl sites for hydroxylation is 1. The van der Waals surface area contributed by atoms with Crippen LogP contribution in [0.2, 0.25) is 0 Å². The van der Waals surface area contributed by atoms with Crippen LogP contribution in [0.4, 0.5) is 4.39 Å². The first-order valence-corrected chi connectivity index (χ1v) is 11.1. The molecule has 0 spiro atoms. The van der Waals surface area contributed by atoms with E-state index in [4.69, 9.17) is 9.15 Å². The molecule has 0 saturated carbocycles. The molecule has 2 N–H and O–H groups in total. The third-order valence-electron chi connectivity index (χ3n) is 5.41. The van der Waals surface area contributed by atoms with Crippen LogP contribution in [0.15, 0.2) is 33.5 Å². The Labute approximate surface area is 187 Å². The fourth-order valence-electron chi connectivity index (χ4n) is 3.58. The lowest BCUT2D eigenvalue weighted by molar-refractivity contribution is -0.128. The fraction of sp³-hybridized carbons (Fsp3) is 0.409. The molecule has 1 fully saturated rings. The summed E-state index contributed by atoms with van der Waals surface area (Å²) < 4.78 is 26.7. The van der Waals surface area contributed by atoms with Crippen LogP contribution in [-0.2, 0) is 23.0 Å². The molecule has 0 radical (unpaired) electrons. The van der Waals surface area contributed by atoms with Gasteiger partial charge in [-0.15, -0.1) is 11.3 Å². The number of hydrogen-bond acceptors (Lipinski definition) is 8. The Balaban J connectivity index is 1.44. The molecule has 3 aromatic rings. The van der Waals surface area contributed by atoms with E-state index in [1.165, 1.54) is 22.0 Å². The maximum Gasteiger partial charge on any atom is 0.419 e. The number of fused-ring (bicyclic) bond motifs is 1. The van der Waals surface area contributed by atoms with Gasteiger partial charge in [-0.05, 0) is 42.8 Å². The number of rotatable bonds is 7. The maximum atomic E-state index is 14.6. The van der Waals surface area contributed by atoms with E-state index in [9.17, 15) is 19.2 Å². The summed E-state index contributed by atoms with van der Waals surface area (Å²) in [5.41, 5.74) is 1.83. The molecule has 1 saturated heterocycles. The van der Waals surface area contributed by atoms with Crippen LogP contribution in [-0.4, -0.2) is 48.7 Å². The van der Waals surface area contributed by atoms with Crippen LogP contribution in [0.5, 0.6) is 0 Å². The molecule has 4 rings (SSSR count). The number of oxazole rings is 1. The Morgan fingerprint density at radius 3 is 3.12 bits per heavy atom. The predicted molar refractivity (Wildman–Crippen MR) is 118 cm³/mol. The van der Waals surface area contributed by atoms with E-state index in [0.29, 0.717) is 34.0 Å². The lowest BCUT2D eigenvalue weighted by Crippen LogP contribution is -2.42. The Morgan fingerprint density at radius 1 is 1.47 bits per heavy atom. The molecule has 32 heavy (non-hydrogen) atoms. The Bertz CT molecular complexity index is 1220. The van der Waals surface area contributed by atoms with Crippen LogP contribution >= 0.6 is 11.3 Å². The van der Waals surface area contributed by atoms with Crippen LogP contribution in [0.3, 0.4) is 0 Å². The molecule has 10 heteroatoms. The normalized spacial score (nSPS) is 17.7. The van der Waals surface area contributed by atoms with Gasteiger partial charge in [0.05, 0.1) is 18.1 Å². The number of halogens is 1. The summed E-state index contributed by atoms with van der Waals surface area (Å²) in [6.07, 6.45) is 0.446. The highest BCUT2D eigenvalue weighted by molar-refractivity contribution is 7.15. The van der Waals surface area contributed by atoms with Crippen LogP contribution < -0.4 is 16.4 Å². The first-order chi connectivity index (χ1) is 15.5. The van der Waals surface area contributed by atoms with Crippen molar-refractivity contribution in [1.29, 1.82) is 5.26 Å². The number of Topliss-reactive ketones (excluding diaryl/α,β-unsaturated/α-hetero) is 1. The van der Waals surface area contributed by atoms with Gasteiger partial charge in [0, 0.05) is 36.4 Å². The van der Waals surface area contributed by atoms with Crippen LogP contribution in [0.1, 0.15) is 11.3 Å². The standard InChI is InChI=1S/C22H23FN4O4S/c1-27-16-7-13(3-4-18(16)31-22(27)29)20-9-15(23)21(32-20)8-14(10-24)26-11-17(28)19-12-25-5-2-6-30-19/h3-4,7,9,14,19,25-26H,2,5-6,8,11-12H2,1H3/t14?,19-/m0/s1. The molecule has 0 aliphatic carbocycles. The second kappa shape index (κ2) is 9.75. The van der Waals surface area contributed by atoms with Crippen molar-refractivity contribution in [3.05, 3.63) is 45.5 Å². The average molecular weight is 459 g/mol. The Morgan fingerprint density at radius 2 is 2.31 bits per heavy atom. The first kappa shape index (κ1) is 22.4. The molecule has 1 aliphatic heterocycles. The zero-order valence-corrected chi connectivity index (χ0v) is 18.3. The minimum absolute atomic E-state index is 0.0182. The maximum absolute atomic E-state index is 14.6. The zero-order valence-electron chi connectivity index (χ0n) is 17.5. The molecule has 1 aromatic carbocycles. The lowest BCUT2D eigenvalue weighted by Gasteiger charge is -2.16. The monoisotopic (exact) mass is 458 g/mol. The minimum atomic E-state index is -0.712. The van der Waals surface area contributed by atoms with Gasteiger partial charge in [0.1, 0.15) is 18.0 Å². The number of carbonyl (C=O) groups excluding carboxylic acids is 1. The number of hydrogen-bond donors (Lipinski definition) is 2. The van der Waals surface area contributed by atoms with Gasteiger partial charge in [-0.1, -0.05) is 0 Å². The van der Waals surface area contributed by atoms with Crippen molar-refractivity contribution in [2.24, 2.45) is 7.05 Å². The van der Waals surface area contributed by atoms with Gasteiger partial charge < -0.3 is 14.5 Å². The second-order valence-electron chi connectivity index (χ2n) is 7.64. The number of ether oxygens (including phenoxy) is 1. The molecule has 168 valence electrons. The molecule has 0 amide bonds. The van der Waals surface area contributed by atoms with Gasteiger partial charge in [0.25, 0.3) is 0 Å². The summed E-state index contributed by atoms with van der Waals surface area (Å²) in [7, 11) is 1.61. The van der Waals surface area contributed by atoms with Crippen molar-refractivity contribution in [2.45, 2.75) is 25.0 Å². The number of carbonyl (C=O) groups is 1. The number of nitriles is 1. The quantitative estimate of drug-likeness (QED) is 0.557. The van der Waals surface area contributed by atoms with E-state index in [0.717, 1.165) is 18.5 Å². The van der Waals surface area contributed by atoms with Gasteiger partial charge in [0.15, 0.2) is 11.4 Å². The van der Waals surface area contributed by atoms with E-state index >= 15 is 0 Å². The molecule has 1 unspecified atom stereocenters. The highest BCUT2D eigenvalue weighted by Gasteiger charge is 2.22. The second-order valence-corrected chi connectivity index (χ2v) is 8.78. The fourth-order valence-corrected chi connectivity index (χ4v) is 4.66. The minimum Gasteiger partial charge on any atom is -0.408 e. The smallest absolute Gasteiger partial charge is 0.408 e. The lowest BCUT2D eigenvalue weighted by atomic mass is 10.1. The zero-order chi connectivity index (χ0) is 22.7. The molecular formula is C22H23FN4O4S. The summed E-state index contributed by atoms with van der Waals surface area (Å²) in [4.78, 5) is 25.2. The molecule has 8 nitrogen and oxygen atoms in total. The predicted octanol–water partition coefficient (Wildman–Crippen LogP) is 1.97. The van der Waals surface area contributed by atoms with Gasteiger partial charge in [-0.3, -0.25) is 14.7 Å². The molecule has 2 aromatic heterocycles. The SMILES string of the molecule is Cn1c(=O)oc2ccc(-c3cc(F)c(CC(C#N)NCC(=O)[C@@H]4CNCCCO4)s3)cc21.